The molecule has 0 aliphatic carbocycles. The molecule has 1 aromatic rings. The number of ketones is 1. The van der Waals surface area contributed by atoms with Crippen LogP contribution < -0.4 is 0 Å². The van der Waals surface area contributed by atoms with Gasteiger partial charge in [-0.2, -0.15) is 0 Å². The van der Waals surface area contributed by atoms with Gasteiger partial charge in [0.05, 0.1) is 6.10 Å². The minimum absolute atomic E-state index is 0.123. The second-order valence-corrected chi connectivity index (χ2v) is 3.69. The van der Waals surface area contributed by atoms with Gasteiger partial charge in [0.1, 0.15) is 17.2 Å². The highest BCUT2D eigenvalue weighted by molar-refractivity contribution is 6.29. The molecule has 15 heavy (non-hydrogen) atoms. The number of carbonyl (C=O) groups excluding carboxylic acids is 1. The number of nitrogens with zero attached hydrogens (tertiary/aromatic N) is 2. The summed E-state index contributed by atoms with van der Waals surface area (Å²) in [7, 11) is 0. The number of halogens is 2. The van der Waals surface area contributed by atoms with Crippen LogP contribution in [0.15, 0.2) is 12.4 Å². The lowest BCUT2D eigenvalue weighted by Gasteiger charge is -2.04. The molecule has 0 aliphatic heterocycles. The maximum absolute atomic E-state index is 11.5. The number of alkyl halides is 1. The van der Waals surface area contributed by atoms with Crippen molar-refractivity contribution in [3.8, 4) is 0 Å². The highest BCUT2D eigenvalue weighted by atomic mass is 35.5. The fourth-order valence-corrected chi connectivity index (χ4v) is 1.29. The van der Waals surface area contributed by atoms with Crippen molar-refractivity contribution in [2.75, 3.05) is 5.88 Å². The topological polar surface area (TPSA) is 63.1 Å². The van der Waals surface area contributed by atoms with Crippen molar-refractivity contribution in [2.24, 2.45) is 0 Å². The Morgan fingerprint density at radius 1 is 1.53 bits per heavy atom. The van der Waals surface area contributed by atoms with E-state index in [4.69, 9.17) is 28.3 Å². The molecule has 6 heteroatoms. The molecule has 1 atom stereocenters. The second kappa shape index (κ2) is 6.00. The van der Waals surface area contributed by atoms with E-state index in [1.54, 1.807) is 0 Å². The van der Waals surface area contributed by atoms with Crippen molar-refractivity contribution < 1.29 is 9.90 Å². The highest BCUT2D eigenvalue weighted by Crippen LogP contribution is 2.09. The first-order chi connectivity index (χ1) is 7.13. The molecule has 0 amide bonds. The van der Waals surface area contributed by atoms with E-state index in [0.29, 0.717) is 6.42 Å². The first kappa shape index (κ1) is 12.4. The first-order valence-electron chi connectivity index (χ1n) is 4.38. The Morgan fingerprint density at radius 2 is 2.27 bits per heavy atom. The molecule has 0 spiro atoms. The van der Waals surface area contributed by atoms with Crippen LogP contribution in [0.1, 0.15) is 23.3 Å². The summed E-state index contributed by atoms with van der Waals surface area (Å²) >= 11 is 11.0. The summed E-state index contributed by atoms with van der Waals surface area (Å²) in [5, 5.41) is 9.39. The molecule has 0 unspecified atom stereocenters. The summed E-state index contributed by atoms with van der Waals surface area (Å²) in [5.41, 5.74) is 0.261. The van der Waals surface area contributed by atoms with Gasteiger partial charge in [-0.05, 0) is 6.42 Å². The highest BCUT2D eigenvalue weighted by Gasteiger charge is 2.11. The molecule has 0 fully saturated rings. The van der Waals surface area contributed by atoms with Crippen molar-refractivity contribution in [3.05, 3.63) is 23.2 Å². The van der Waals surface area contributed by atoms with Gasteiger partial charge >= 0.3 is 0 Å². The Hall–Kier alpha value is -0.710. The number of hydrogen-bond acceptors (Lipinski definition) is 4. The molecular formula is C9H10Cl2N2O2. The molecule has 1 N–H and O–H groups in total. The van der Waals surface area contributed by atoms with E-state index in [0.717, 1.165) is 0 Å². The standard InChI is InChI=1S/C9H10Cl2N2O2/c10-4-6(14)1-2-8(15)7-3-9(11)13-5-12-7/h3,5-6,14H,1-2,4H2/t6-/m0/s1. The average Bonchev–Trinajstić information content (AvgIpc) is 2.25. The minimum Gasteiger partial charge on any atom is -0.392 e. The van der Waals surface area contributed by atoms with Gasteiger partial charge in [-0.1, -0.05) is 11.6 Å². The molecule has 4 nitrogen and oxygen atoms in total. The average molecular weight is 249 g/mol. The van der Waals surface area contributed by atoms with Crippen LogP contribution in [-0.4, -0.2) is 32.8 Å². The van der Waals surface area contributed by atoms with E-state index in [-0.39, 0.29) is 28.9 Å². The molecular weight excluding hydrogens is 239 g/mol. The minimum atomic E-state index is -0.659. The third-order valence-electron chi connectivity index (χ3n) is 1.80. The van der Waals surface area contributed by atoms with Gasteiger partial charge in [0, 0.05) is 18.4 Å². The van der Waals surface area contributed by atoms with Crippen LogP contribution in [0.2, 0.25) is 5.15 Å². The second-order valence-electron chi connectivity index (χ2n) is 3.00. The Labute approximate surface area is 97.3 Å². The summed E-state index contributed by atoms with van der Waals surface area (Å²) in [6, 6.07) is 1.40. The van der Waals surface area contributed by atoms with E-state index in [1.807, 2.05) is 0 Å². The molecule has 1 rings (SSSR count). The van der Waals surface area contributed by atoms with E-state index in [9.17, 15) is 4.79 Å². The molecule has 1 aromatic heterocycles. The predicted molar refractivity (Wildman–Crippen MR) is 57.3 cm³/mol. The monoisotopic (exact) mass is 248 g/mol. The van der Waals surface area contributed by atoms with Gasteiger partial charge in [-0.25, -0.2) is 9.97 Å². The fraction of sp³-hybridized carbons (Fsp3) is 0.444. The first-order valence-corrected chi connectivity index (χ1v) is 5.29. The van der Waals surface area contributed by atoms with Gasteiger partial charge in [0.2, 0.25) is 0 Å². The molecule has 0 saturated carbocycles. The molecule has 0 aliphatic rings. The zero-order valence-corrected chi connectivity index (χ0v) is 9.37. The van der Waals surface area contributed by atoms with Crippen molar-refractivity contribution in [1.82, 2.24) is 9.97 Å². The fourth-order valence-electron chi connectivity index (χ4n) is 0.989. The van der Waals surface area contributed by atoms with Crippen molar-refractivity contribution in [2.45, 2.75) is 18.9 Å². The third kappa shape index (κ3) is 4.11. The Balaban J connectivity index is 2.54. The number of Topliss-reactive ketones (excluding diaryl/α,β-unsaturated/α-hetero) is 1. The summed E-state index contributed by atoms with van der Waals surface area (Å²) in [5.74, 6) is -0.0545. The van der Waals surface area contributed by atoms with Crippen molar-refractivity contribution in [1.29, 1.82) is 0 Å². The Morgan fingerprint density at radius 3 is 2.87 bits per heavy atom. The quantitative estimate of drug-likeness (QED) is 0.490. The summed E-state index contributed by atoms with van der Waals surface area (Å²) in [4.78, 5) is 19.0. The molecule has 82 valence electrons. The lowest BCUT2D eigenvalue weighted by molar-refractivity contribution is 0.0946. The zero-order chi connectivity index (χ0) is 11.3. The number of carbonyl (C=O) groups is 1. The summed E-state index contributed by atoms with van der Waals surface area (Å²) < 4.78 is 0. The zero-order valence-electron chi connectivity index (χ0n) is 7.86. The molecule has 0 aromatic carbocycles. The number of aliphatic hydroxyl groups is 1. The lowest BCUT2D eigenvalue weighted by atomic mass is 10.1. The number of aliphatic hydroxyl groups excluding tert-OH is 1. The largest absolute Gasteiger partial charge is 0.392 e. The summed E-state index contributed by atoms with van der Waals surface area (Å²) in [6.45, 7) is 0. The normalized spacial score (nSPS) is 12.5. The van der Waals surface area contributed by atoms with Gasteiger partial charge in [-0.3, -0.25) is 4.79 Å². The van der Waals surface area contributed by atoms with Gasteiger partial charge in [0.25, 0.3) is 0 Å². The maximum atomic E-state index is 11.5. The van der Waals surface area contributed by atoms with E-state index in [2.05, 4.69) is 9.97 Å². The number of hydrogen-bond donors (Lipinski definition) is 1. The molecule has 0 radical (unpaired) electrons. The number of rotatable bonds is 5. The smallest absolute Gasteiger partial charge is 0.181 e. The Kier molecular flexibility index (Phi) is 4.94. The van der Waals surface area contributed by atoms with E-state index < -0.39 is 6.10 Å². The van der Waals surface area contributed by atoms with Crippen LogP contribution in [0.5, 0.6) is 0 Å². The van der Waals surface area contributed by atoms with Gasteiger partial charge < -0.3 is 5.11 Å². The molecule has 0 saturated heterocycles. The summed E-state index contributed by atoms with van der Waals surface area (Å²) in [6.07, 6.45) is 1.09. The third-order valence-corrected chi connectivity index (χ3v) is 2.37. The van der Waals surface area contributed by atoms with E-state index in [1.165, 1.54) is 12.4 Å². The van der Waals surface area contributed by atoms with Crippen LogP contribution in [0.3, 0.4) is 0 Å². The van der Waals surface area contributed by atoms with Crippen LogP contribution in [0, 0.1) is 0 Å². The van der Waals surface area contributed by atoms with Gasteiger partial charge in [-0.15, -0.1) is 11.6 Å². The lowest BCUT2D eigenvalue weighted by Crippen LogP contribution is -2.12. The van der Waals surface area contributed by atoms with Crippen LogP contribution in [0.4, 0.5) is 0 Å². The van der Waals surface area contributed by atoms with Crippen molar-refractivity contribution >= 4 is 29.0 Å². The van der Waals surface area contributed by atoms with Crippen LogP contribution in [0.25, 0.3) is 0 Å². The van der Waals surface area contributed by atoms with E-state index >= 15 is 0 Å². The van der Waals surface area contributed by atoms with Crippen LogP contribution in [-0.2, 0) is 0 Å². The number of aromatic nitrogens is 2. The Bertz CT molecular complexity index is 347. The SMILES string of the molecule is O=C(CC[C@H](O)CCl)c1cc(Cl)ncn1. The maximum Gasteiger partial charge on any atom is 0.181 e. The predicted octanol–water partition coefficient (Wildman–Crippen LogP) is 1.69. The van der Waals surface area contributed by atoms with Gasteiger partial charge in [0.15, 0.2) is 5.78 Å². The van der Waals surface area contributed by atoms with Crippen molar-refractivity contribution in [3.63, 3.8) is 0 Å². The molecule has 1 heterocycles. The molecule has 0 bridgehead atoms. The van der Waals surface area contributed by atoms with Crippen LogP contribution >= 0.6 is 23.2 Å².